The van der Waals surface area contributed by atoms with E-state index >= 15 is 0 Å². The summed E-state index contributed by atoms with van der Waals surface area (Å²) in [7, 11) is 0. The first kappa shape index (κ1) is 14.1. The van der Waals surface area contributed by atoms with Crippen molar-refractivity contribution in [2.45, 2.75) is 25.9 Å². The maximum absolute atomic E-state index is 10.3. The van der Waals surface area contributed by atoms with Gasteiger partial charge in [0, 0.05) is 4.88 Å². The average Bonchev–Trinajstić information content (AvgIpc) is 2.69. The summed E-state index contributed by atoms with van der Waals surface area (Å²) in [5, 5.41) is 10.9. The van der Waals surface area contributed by atoms with Gasteiger partial charge in [0.25, 0.3) is 0 Å². The molecule has 1 heterocycles. The van der Waals surface area contributed by atoms with Crippen LogP contribution in [0.2, 0.25) is 5.02 Å². The van der Waals surface area contributed by atoms with Crippen molar-refractivity contribution >= 4 is 38.9 Å². The van der Waals surface area contributed by atoms with E-state index in [9.17, 15) is 5.11 Å². The number of aliphatic hydroxyl groups excluding tert-OH is 1. The number of benzene rings is 1. The molecule has 0 saturated carbocycles. The third kappa shape index (κ3) is 2.97. The van der Waals surface area contributed by atoms with Crippen LogP contribution in [0.1, 0.15) is 41.9 Å². The van der Waals surface area contributed by atoms with Gasteiger partial charge in [-0.15, -0.1) is 11.3 Å². The van der Waals surface area contributed by atoms with Crippen LogP contribution >= 0.6 is 38.9 Å². The SMILES string of the molecule is CC(C)c1ccc(C(O)c2cc(Cl)c(Br)s2)cc1. The highest BCUT2D eigenvalue weighted by Crippen LogP contribution is 2.37. The minimum Gasteiger partial charge on any atom is -0.383 e. The van der Waals surface area contributed by atoms with Gasteiger partial charge in [-0.1, -0.05) is 49.7 Å². The lowest BCUT2D eigenvalue weighted by molar-refractivity contribution is 0.224. The second kappa shape index (κ2) is 5.74. The fourth-order valence-electron chi connectivity index (χ4n) is 1.73. The van der Waals surface area contributed by atoms with Gasteiger partial charge in [-0.2, -0.15) is 0 Å². The molecule has 2 aromatic rings. The largest absolute Gasteiger partial charge is 0.383 e. The molecular formula is C14H14BrClOS. The van der Waals surface area contributed by atoms with Crippen LogP contribution in [0.4, 0.5) is 0 Å². The van der Waals surface area contributed by atoms with Crippen LogP contribution in [0.3, 0.4) is 0 Å². The molecule has 1 aromatic heterocycles. The lowest BCUT2D eigenvalue weighted by Crippen LogP contribution is -1.97. The highest BCUT2D eigenvalue weighted by Gasteiger charge is 2.15. The van der Waals surface area contributed by atoms with Gasteiger partial charge >= 0.3 is 0 Å². The molecule has 1 unspecified atom stereocenters. The van der Waals surface area contributed by atoms with Crippen LogP contribution in [0, 0.1) is 0 Å². The van der Waals surface area contributed by atoms with Gasteiger partial charge in [-0.25, -0.2) is 0 Å². The fourth-order valence-corrected chi connectivity index (χ4v) is 3.49. The molecule has 0 amide bonds. The average molecular weight is 346 g/mol. The number of hydrogen-bond acceptors (Lipinski definition) is 2. The molecule has 0 radical (unpaired) electrons. The first-order valence-electron chi connectivity index (χ1n) is 5.71. The molecule has 1 aromatic carbocycles. The molecule has 96 valence electrons. The highest BCUT2D eigenvalue weighted by atomic mass is 79.9. The molecule has 0 fully saturated rings. The first-order valence-corrected chi connectivity index (χ1v) is 7.70. The topological polar surface area (TPSA) is 20.2 Å². The standard InChI is InChI=1S/C14H14BrClOS/c1-8(2)9-3-5-10(6-4-9)13(17)12-7-11(16)14(15)18-12/h3-8,13,17H,1-2H3. The van der Waals surface area contributed by atoms with Gasteiger partial charge in [-0.3, -0.25) is 0 Å². The fraction of sp³-hybridized carbons (Fsp3) is 0.286. The van der Waals surface area contributed by atoms with Crippen molar-refractivity contribution in [1.82, 2.24) is 0 Å². The van der Waals surface area contributed by atoms with Crippen LogP contribution in [-0.4, -0.2) is 5.11 Å². The number of thiophene rings is 1. The van der Waals surface area contributed by atoms with Crippen LogP contribution in [0.5, 0.6) is 0 Å². The van der Waals surface area contributed by atoms with Crippen molar-refractivity contribution in [3.05, 3.63) is 55.1 Å². The Bertz CT molecular complexity index is 514. The van der Waals surface area contributed by atoms with E-state index in [2.05, 4.69) is 41.9 Å². The maximum atomic E-state index is 10.3. The van der Waals surface area contributed by atoms with E-state index in [4.69, 9.17) is 11.6 Å². The van der Waals surface area contributed by atoms with Crippen molar-refractivity contribution in [3.63, 3.8) is 0 Å². The summed E-state index contributed by atoms with van der Waals surface area (Å²) < 4.78 is 0.858. The Balaban J connectivity index is 2.25. The molecule has 0 bridgehead atoms. The zero-order valence-corrected chi connectivity index (χ0v) is 13.3. The molecule has 0 aliphatic carbocycles. The zero-order valence-electron chi connectivity index (χ0n) is 10.2. The molecular weight excluding hydrogens is 332 g/mol. The monoisotopic (exact) mass is 344 g/mol. The van der Waals surface area contributed by atoms with Crippen LogP contribution in [-0.2, 0) is 0 Å². The lowest BCUT2D eigenvalue weighted by atomic mass is 9.99. The summed E-state index contributed by atoms with van der Waals surface area (Å²) >= 11 is 10.8. The van der Waals surface area contributed by atoms with Gasteiger partial charge < -0.3 is 5.11 Å². The first-order chi connectivity index (χ1) is 8.49. The third-order valence-corrected chi connectivity index (χ3v) is 5.38. The Morgan fingerprint density at radius 3 is 2.17 bits per heavy atom. The summed E-state index contributed by atoms with van der Waals surface area (Å²) in [6.45, 7) is 4.31. The van der Waals surface area contributed by atoms with Gasteiger partial charge in [0.2, 0.25) is 0 Å². The van der Waals surface area contributed by atoms with Crippen LogP contribution in [0.25, 0.3) is 0 Å². The van der Waals surface area contributed by atoms with Gasteiger partial charge in [0.1, 0.15) is 6.10 Å². The quantitative estimate of drug-likeness (QED) is 0.793. The minimum atomic E-state index is -0.611. The molecule has 1 N–H and O–H groups in total. The summed E-state index contributed by atoms with van der Waals surface area (Å²) in [5.74, 6) is 0.501. The molecule has 4 heteroatoms. The molecule has 0 aliphatic heterocycles. The second-order valence-corrected chi connectivity index (χ2v) is 7.30. The summed E-state index contributed by atoms with van der Waals surface area (Å²) in [4.78, 5) is 0.851. The van der Waals surface area contributed by atoms with E-state index < -0.39 is 6.10 Å². The maximum Gasteiger partial charge on any atom is 0.113 e. The lowest BCUT2D eigenvalue weighted by Gasteiger charge is -2.11. The number of halogens is 2. The predicted molar refractivity (Wildman–Crippen MR) is 81.6 cm³/mol. The van der Waals surface area contributed by atoms with E-state index in [1.165, 1.54) is 16.9 Å². The molecule has 18 heavy (non-hydrogen) atoms. The van der Waals surface area contributed by atoms with E-state index in [0.29, 0.717) is 10.9 Å². The number of rotatable bonds is 3. The Morgan fingerprint density at radius 2 is 1.72 bits per heavy atom. The summed E-state index contributed by atoms with van der Waals surface area (Å²) in [5.41, 5.74) is 2.17. The van der Waals surface area contributed by atoms with Crippen molar-refractivity contribution < 1.29 is 5.11 Å². The Hall–Kier alpha value is -0.350. The number of aliphatic hydroxyl groups is 1. The van der Waals surface area contributed by atoms with Gasteiger partial charge in [0.15, 0.2) is 0 Å². The molecule has 0 aliphatic rings. The Morgan fingerprint density at radius 1 is 1.17 bits per heavy atom. The summed E-state index contributed by atoms with van der Waals surface area (Å²) in [6, 6.07) is 9.88. The van der Waals surface area contributed by atoms with Crippen LogP contribution in [0.15, 0.2) is 34.1 Å². The second-order valence-electron chi connectivity index (χ2n) is 4.49. The normalized spacial score (nSPS) is 13.0. The van der Waals surface area contributed by atoms with Crippen molar-refractivity contribution in [2.75, 3.05) is 0 Å². The summed E-state index contributed by atoms with van der Waals surface area (Å²) in [6.07, 6.45) is -0.611. The van der Waals surface area contributed by atoms with Gasteiger partial charge in [-0.05, 0) is 39.0 Å². The van der Waals surface area contributed by atoms with Crippen molar-refractivity contribution in [1.29, 1.82) is 0 Å². The van der Waals surface area contributed by atoms with Gasteiger partial charge in [0.05, 0.1) is 8.81 Å². The van der Waals surface area contributed by atoms with E-state index in [0.717, 1.165) is 14.2 Å². The molecule has 1 nitrogen and oxygen atoms in total. The number of hydrogen-bond donors (Lipinski definition) is 1. The predicted octanol–water partition coefficient (Wildman–Crippen LogP) is 5.37. The molecule has 2 rings (SSSR count). The van der Waals surface area contributed by atoms with Crippen molar-refractivity contribution in [2.24, 2.45) is 0 Å². The van der Waals surface area contributed by atoms with E-state index in [1.54, 1.807) is 6.07 Å². The van der Waals surface area contributed by atoms with E-state index in [-0.39, 0.29) is 0 Å². The smallest absolute Gasteiger partial charge is 0.113 e. The molecule has 0 spiro atoms. The zero-order chi connectivity index (χ0) is 13.3. The van der Waals surface area contributed by atoms with Crippen molar-refractivity contribution in [3.8, 4) is 0 Å². The molecule has 0 saturated heterocycles. The van der Waals surface area contributed by atoms with Crippen LogP contribution < -0.4 is 0 Å². The Kier molecular flexibility index (Phi) is 4.49. The highest BCUT2D eigenvalue weighted by molar-refractivity contribution is 9.11. The minimum absolute atomic E-state index is 0.501. The third-order valence-electron chi connectivity index (χ3n) is 2.85. The Labute approximate surface area is 125 Å². The van der Waals surface area contributed by atoms with E-state index in [1.807, 2.05) is 12.1 Å². The molecule has 1 atom stereocenters.